The molecule has 1 N–H and O–H groups in total. The first-order valence-corrected chi connectivity index (χ1v) is 16.5. The lowest BCUT2D eigenvalue weighted by Crippen LogP contribution is -2.65. The van der Waals surface area contributed by atoms with Crippen LogP contribution in [0.15, 0.2) is 103 Å². The van der Waals surface area contributed by atoms with E-state index in [0.29, 0.717) is 6.61 Å². The summed E-state index contributed by atoms with van der Waals surface area (Å²) in [5, 5.41) is 10.7. The summed E-state index contributed by atoms with van der Waals surface area (Å²) in [6.07, 6.45) is -2.53. The van der Waals surface area contributed by atoms with Crippen LogP contribution in [0.5, 0.6) is 5.75 Å². The second kappa shape index (κ2) is 17.5. The van der Waals surface area contributed by atoms with Crippen molar-refractivity contribution in [1.29, 1.82) is 0 Å². The summed E-state index contributed by atoms with van der Waals surface area (Å²) < 4.78 is 53.7. The molecule has 0 saturated carbocycles. The summed E-state index contributed by atoms with van der Waals surface area (Å²) in [6.45, 7) is 1.53. The van der Waals surface area contributed by atoms with E-state index in [1.54, 1.807) is 83.8 Å². The van der Waals surface area contributed by atoms with E-state index in [1.165, 1.54) is 12.1 Å². The first kappa shape index (κ1) is 36.2. The van der Waals surface area contributed by atoms with Gasteiger partial charge in [0.05, 0.1) is 35.9 Å². The van der Waals surface area contributed by atoms with E-state index in [1.807, 2.05) is 6.92 Å². The molecule has 1 aliphatic heterocycles. The highest BCUT2D eigenvalue weighted by Crippen LogP contribution is 2.30. The van der Waals surface area contributed by atoms with Crippen LogP contribution < -0.4 is 4.74 Å². The number of nitrogens with zero attached hydrogens (tertiary/aromatic N) is 1. The summed E-state index contributed by atoms with van der Waals surface area (Å²) in [6, 6.07) is 25.6. The molecule has 0 aromatic heterocycles. The van der Waals surface area contributed by atoms with Crippen LogP contribution in [0.1, 0.15) is 56.4 Å². The lowest BCUT2D eigenvalue weighted by molar-refractivity contribution is -0.153. The van der Waals surface area contributed by atoms with E-state index < -0.39 is 60.5 Å². The number of benzene rings is 4. The van der Waals surface area contributed by atoms with Gasteiger partial charge in [0, 0.05) is 30.8 Å². The number of hydrogen-bond acceptors (Lipinski definition) is 9. The molecular formula is C39H39F2NO8. The maximum Gasteiger partial charge on any atom is 0.338 e. The maximum absolute atomic E-state index is 15.2. The molecule has 1 saturated heterocycles. The Kier molecular flexibility index (Phi) is 12.7. The third-order valence-corrected chi connectivity index (χ3v) is 8.44. The Hall–Kier alpha value is -5.13. The van der Waals surface area contributed by atoms with Gasteiger partial charge in [-0.25, -0.2) is 23.2 Å². The molecule has 0 aliphatic carbocycles. The average molecular weight is 688 g/mol. The van der Waals surface area contributed by atoms with Gasteiger partial charge in [-0.1, -0.05) is 67.9 Å². The molecule has 5 rings (SSSR count). The second-order valence-corrected chi connectivity index (χ2v) is 11.8. The number of esters is 3. The van der Waals surface area contributed by atoms with Crippen LogP contribution in [0, 0.1) is 11.6 Å². The van der Waals surface area contributed by atoms with E-state index in [4.69, 9.17) is 18.9 Å². The summed E-state index contributed by atoms with van der Waals surface area (Å²) in [4.78, 5) is 41.8. The van der Waals surface area contributed by atoms with Crippen LogP contribution in [0.3, 0.4) is 0 Å². The van der Waals surface area contributed by atoms with Crippen molar-refractivity contribution in [2.45, 2.75) is 50.5 Å². The first-order chi connectivity index (χ1) is 24.3. The van der Waals surface area contributed by atoms with Crippen LogP contribution in [-0.4, -0.2) is 78.6 Å². The molecule has 0 amide bonds. The Labute approximate surface area is 289 Å². The lowest BCUT2D eigenvalue weighted by atomic mass is 9.92. The van der Waals surface area contributed by atoms with Crippen LogP contribution in [-0.2, 0) is 20.6 Å². The molecule has 1 heterocycles. The number of carbonyl (C=O) groups is 3. The van der Waals surface area contributed by atoms with Gasteiger partial charge in [-0.05, 0) is 49.2 Å². The highest BCUT2D eigenvalue weighted by molar-refractivity contribution is 5.91. The van der Waals surface area contributed by atoms with Crippen LogP contribution in [0.25, 0.3) is 0 Å². The Balaban J connectivity index is 1.48. The van der Waals surface area contributed by atoms with Crippen molar-refractivity contribution in [2.75, 3.05) is 26.3 Å². The van der Waals surface area contributed by atoms with Crippen molar-refractivity contribution in [3.63, 3.8) is 0 Å². The summed E-state index contributed by atoms with van der Waals surface area (Å²) in [5.41, 5.74) is 0.403. The fraction of sp³-hybridized carbons (Fsp3) is 0.308. The average Bonchev–Trinajstić information content (AvgIpc) is 3.13. The molecule has 1 aliphatic rings. The zero-order chi connectivity index (χ0) is 35.5. The van der Waals surface area contributed by atoms with Gasteiger partial charge in [0.1, 0.15) is 17.4 Å². The Morgan fingerprint density at radius 3 is 1.70 bits per heavy atom. The number of aliphatic hydroxyl groups excluding tert-OH is 1. The number of carbonyl (C=O) groups excluding carboxylic acids is 3. The summed E-state index contributed by atoms with van der Waals surface area (Å²) in [5.74, 6) is -3.81. The highest BCUT2D eigenvalue weighted by atomic mass is 19.1. The van der Waals surface area contributed by atoms with E-state index in [-0.39, 0.29) is 47.5 Å². The Morgan fingerprint density at radius 1 is 0.740 bits per heavy atom. The van der Waals surface area contributed by atoms with Gasteiger partial charge < -0.3 is 24.1 Å². The Morgan fingerprint density at radius 2 is 1.22 bits per heavy atom. The molecule has 262 valence electrons. The zero-order valence-corrected chi connectivity index (χ0v) is 27.6. The number of aliphatic hydroxyl groups is 1. The van der Waals surface area contributed by atoms with Crippen molar-refractivity contribution in [3.05, 3.63) is 137 Å². The topological polar surface area (TPSA) is 112 Å². The maximum atomic E-state index is 15.2. The van der Waals surface area contributed by atoms with Gasteiger partial charge in [0.25, 0.3) is 0 Å². The molecular weight excluding hydrogens is 648 g/mol. The third-order valence-electron chi connectivity index (χ3n) is 8.44. The summed E-state index contributed by atoms with van der Waals surface area (Å²) in [7, 11) is 0. The fourth-order valence-corrected chi connectivity index (χ4v) is 5.78. The molecule has 0 unspecified atom stereocenters. The number of halogens is 2. The molecule has 0 bridgehead atoms. The van der Waals surface area contributed by atoms with E-state index in [2.05, 4.69) is 0 Å². The van der Waals surface area contributed by atoms with Gasteiger partial charge in [0.15, 0.2) is 18.3 Å². The van der Waals surface area contributed by atoms with Crippen molar-refractivity contribution >= 4 is 17.9 Å². The van der Waals surface area contributed by atoms with E-state index in [0.717, 1.165) is 25.0 Å². The minimum Gasteiger partial charge on any atom is -0.493 e. The van der Waals surface area contributed by atoms with Gasteiger partial charge in [-0.15, -0.1) is 0 Å². The van der Waals surface area contributed by atoms with Crippen molar-refractivity contribution in [3.8, 4) is 5.75 Å². The molecule has 0 radical (unpaired) electrons. The van der Waals surface area contributed by atoms with Crippen LogP contribution in [0.2, 0.25) is 0 Å². The van der Waals surface area contributed by atoms with Crippen molar-refractivity contribution in [2.24, 2.45) is 0 Å². The molecule has 0 spiro atoms. The van der Waals surface area contributed by atoms with E-state index in [9.17, 15) is 19.5 Å². The number of piperidine rings is 1. The largest absolute Gasteiger partial charge is 0.493 e. The lowest BCUT2D eigenvalue weighted by Gasteiger charge is -2.46. The fourth-order valence-electron chi connectivity index (χ4n) is 5.78. The quantitative estimate of drug-likeness (QED) is 0.0964. The van der Waals surface area contributed by atoms with Gasteiger partial charge in [-0.3, -0.25) is 4.90 Å². The first-order valence-electron chi connectivity index (χ1n) is 16.5. The SMILES string of the molecule is CCCCOc1cc(F)c(CCN2C[C@H](OC(=O)c3ccccc3)[C@@H](OC(=O)c3ccccc3)[C@H](OC(=O)c3ccccc3)[C@@H]2CO)c(F)c1. The Bertz CT molecular complexity index is 1700. The predicted octanol–water partition coefficient (Wildman–Crippen LogP) is 6.04. The molecule has 4 atom stereocenters. The molecule has 9 nitrogen and oxygen atoms in total. The molecule has 1 fully saturated rings. The van der Waals surface area contributed by atoms with Crippen LogP contribution in [0.4, 0.5) is 8.78 Å². The summed E-state index contributed by atoms with van der Waals surface area (Å²) >= 11 is 0. The minimum atomic E-state index is -1.37. The molecule has 4 aromatic carbocycles. The smallest absolute Gasteiger partial charge is 0.338 e. The second-order valence-electron chi connectivity index (χ2n) is 11.8. The predicted molar refractivity (Wildman–Crippen MR) is 180 cm³/mol. The van der Waals surface area contributed by atoms with E-state index >= 15 is 8.78 Å². The number of hydrogen-bond donors (Lipinski definition) is 1. The van der Waals surface area contributed by atoms with Crippen LogP contribution >= 0.6 is 0 Å². The standard InChI is InChI=1S/C39H39F2NO8/c1-2-3-21-47-29-22-31(40)30(32(41)23-29)19-20-42-24-34(48-37(44)26-13-7-4-8-14-26)36(50-39(46)28-17-11-6-12-18-28)35(33(42)25-43)49-38(45)27-15-9-5-10-16-27/h4-18,22-23,33-36,43H,2-3,19-21,24-25H2,1H3/t33-,34-,35+,36+/m0/s1. The molecule has 50 heavy (non-hydrogen) atoms. The number of ether oxygens (including phenoxy) is 4. The number of unbranched alkanes of at least 4 members (excludes halogenated alkanes) is 1. The highest BCUT2D eigenvalue weighted by Gasteiger charge is 2.50. The third kappa shape index (κ3) is 9.10. The number of rotatable bonds is 14. The number of likely N-dealkylation sites (tertiary alicyclic amines) is 1. The zero-order valence-electron chi connectivity index (χ0n) is 27.6. The molecule has 4 aromatic rings. The van der Waals surface area contributed by atoms with Crippen molar-refractivity contribution in [1.82, 2.24) is 4.90 Å². The van der Waals surface area contributed by atoms with Crippen molar-refractivity contribution < 1.29 is 47.2 Å². The van der Waals surface area contributed by atoms with Gasteiger partial charge in [-0.2, -0.15) is 0 Å². The molecule has 11 heteroatoms. The normalized spacial score (nSPS) is 19.0. The van der Waals surface area contributed by atoms with Gasteiger partial charge in [0.2, 0.25) is 0 Å². The van der Waals surface area contributed by atoms with Gasteiger partial charge >= 0.3 is 17.9 Å². The monoisotopic (exact) mass is 687 g/mol. The minimum absolute atomic E-state index is 0.0484.